The number of hydrogen-bond acceptors (Lipinski definition) is 8. The summed E-state index contributed by atoms with van der Waals surface area (Å²) in [6.07, 6.45) is 1.95. The van der Waals surface area contributed by atoms with Gasteiger partial charge in [0.05, 0.1) is 31.9 Å². The van der Waals surface area contributed by atoms with Gasteiger partial charge < -0.3 is 29.5 Å². The van der Waals surface area contributed by atoms with Crippen LogP contribution in [0.3, 0.4) is 0 Å². The Hall–Kier alpha value is -3.90. The van der Waals surface area contributed by atoms with Crippen LogP contribution in [0.1, 0.15) is 89.2 Å². The number of rotatable bonds is 16. The van der Waals surface area contributed by atoms with E-state index in [1.165, 1.54) is 4.88 Å². The predicted molar refractivity (Wildman–Crippen MR) is 189 cm³/mol. The molecule has 1 aliphatic rings. The fourth-order valence-corrected chi connectivity index (χ4v) is 6.02. The molecule has 3 N–H and O–H groups in total. The molecule has 12 heteroatoms. The van der Waals surface area contributed by atoms with Crippen LogP contribution in [0.15, 0.2) is 41.8 Å². The average Bonchev–Trinajstić information content (AvgIpc) is 3.63. The first-order valence-corrected chi connectivity index (χ1v) is 16.4. The van der Waals surface area contributed by atoms with E-state index in [0.29, 0.717) is 60.1 Å². The van der Waals surface area contributed by atoms with E-state index in [2.05, 4.69) is 11.4 Å². The zero-order valence-electron chi connectivity index (χ0n) is 27.6. The van der Waals surface area contributed by atoms with Gasteiger partial charge in [-0.3, -0.25) is 19.8 Å². The second-order valence-electron chi connectivity index (χ2n) is 12.1. The third-order valence-corrected chi connectivity index (χ3v) is 8.55. The largest absolute Gasteiger partial charge is 0.493 e. The quantitative estimate of drug-likeness (QED) is 0.110. The minimum absolute atomic E-state index is 0. The van der Waals surface area contributed by atoms with E-state index in [1.807, 2.05) is 45.2 Å². The van der Waals surface area contributed by atoms with Crippen LogP contribution in [0.2, 0.25) is 0 Å². The molecule has 0 bridgehead atoms. The van der Waals surface area contributed by atoms with Crippen molar-refractivity contribution >= 4 is 51.8 Å². The molecule has 0 saturated carbocycles. The Kier molecular flexibility index (Phi) is 13.4. The third-order valence-electron chi connectivity index (χ3n) is 7.62. The number of fused-ring (bicyclic) bond motifs is 1. The highest BCUT2D eigenvalue weighted by Crippen LogP contribution is 2.41. The summed E-state index contributed by atoms with van der Waals surface area (Å²) in [6.45, 7) is 9.18. The molecule has 0 atom stereocenters. The highest BCUT2D eigenvalue weighted by atomic mass is 79.9. The maximum atomic E-state index is 13.9. The van der Waals surface area contributed by atoms with Crippen LogP contribution in [0, 0.1) is 5.41 Å². The van der Waals surface area contributed by atoms with Crippen LogP contribution in [-0.2, 0) is 23.2 Å². The molecule has 2 aromatic carbocycles. The number of benzene rings is 2. The number of carboxylic acid groups (broad SMARTS) is 1. The summed E-state index contributed by atoms with van der Waals surface area (Å²) in [4.78, 5) is 40.4. The number of carbonyl (C=O) groups excluding carboxylic acids is 2. The van der Waals surface area contributed by atoms with E-state index in [-0.39, 0.29) is 54.1 Å². The summed E-state index contributed by atoms with van der Waals surface area (Å²) in [6, 6.07) is 11.0. The van der Waals surface area contributed by atoms with Crippen molar-refractivity contribution in [3.63, 3.8) is 0 Å². The van der Waals surface area contributed by atoms with Crippen molar-refractivity contribution in [1.82, 2.24) is 10.2 Å². The van der Waals surface area contributed by atoms with Gasteiger partial charge in [0.25, 0.3) is 5.91 Å². The lowest BCUT2D eigenvalue weighted by Gasteiger charge is -2.26. The van der Waals surface area contributed by atoms with Crippen molar-refractivity contribution in [2.24, 2.45) is 0 Å². The van der Waals surface area contributed by atoms with Gasteiger partial charge in [-0.25, -0.2) is 0 Å². The zero-order valence-corrected chi connectivity index (χ0v) is 30.1. The normalized spacial score (nSPS) is 12.3. The van der Waals surface area contributed by atoms with Crippen LogP contribution in [0.5, 0.6) is 17.2 Å². The topological polar surface area (TPSA) is 138 Å². The maximum Gasteiger partial charge on any atom is 0.303 e. The number of nitrogens with zero attached hydrogens (tertiary/aromatic N) is 1. The molecule has 0 aliphatic carbocycles. The number of thiophene rings is 1. The van der Waals surface area contributed by atoms with Gasteiger partial charge in [0.2, 0.25) is 0 Å². The van der Waals surface area contributed by atoms with E-state index in [1.54, 1.807) is 41.5 Å². The predicted octanol–water partition coefficient (Wildman–Crippen LogP) is 6.66. The molecule has 10 nitrogen and oxygen atoms in total. The van der Waals surface area contributed by atoms with Crippen LogP contribution < -0.4 is 19.5 Å². The number of hydrogen-bond donors (Lipinski definition) is 3. The number of aryl methyl sites for hydroxylation is 1. The summed E-state index contributed by atoms with van der Waals surface area (Å²) in [5, 5.41) is 22.6. The minimum Gasteiger partial charge on any atom is -0.493 e. The Morgan fingerprint density at radius 2 is 1.79 bits per heavy atom. The van der Waals surface area contributed by atoms with Gasteiger partial charge >= 0.3 is 5.97 Å². The maximum absolute atomic E-state index is 13.9. The summed E-state index contributed by atoms with van der Waals surface area (Å²) in [5.74, 6) is 0.161. The molecular formula is C35H44BrN3O7S. The highest BCUT2D eigenvalue weighted by Gasteiger charge is 2.31. The average molecular weight is 731 g/mol. The number of halogens is 1. The van der Waals surface area contributed by atoms with Gasteiger partial charge in [-0.15, -0.1) is 28.3 Å². The second-order valence-corrected chi connectivity index (χ2v) is 13.2. The van der Waals surface area contributed by atoms with Crippen molar-refractivity contribution in [2.45, 2.75) is 65.3 Å². The molecule has 0 radical (unpaired) electrons. The number of ether oxygens (including phenoxy) is 3. The Morgan fingerprint density at radius 1 is 1.04 bits per heavy atom. The molecule has 1 amide bonds. The monoisotopic (exact) mass is 729 g/mol. The molecule has 0 unspecified atom stereocenters. The minimum atomic E-state index is -0.890. The number of Topliss-reactive ketones (excluding diaryl/α,β-unsaturated/α-hetero) is 1. The van der Waals surface area contributed by atoms with Gasteiger partial charge in [-0.2, -0.15) is 0 Å². The van der Waals surface area contributed by atoms with Crippen molar-refractivity contribution in [3.05, 3.63) is 74.5 Å². The molecule has 1 aromatic heterocycles. The van der Waals surface area contributed by atoms with Crippen molar-refractivity contribution in [1.29, 1.82) is 5.41 Å². The van der Waals surface area contributed by atoms with E-state index < -0.39 is 11.4 Å². The molecule has 4 rings (SSSR count). The van der Waals surface area contributed by atoms with E-state index in [4.69, 9.17) is 24.7 Å². The van der Waals surface area contributed by atoms with Gasteiger partial charge in [0.15, 0.2) is 17.3 Å². The highest BCUT2D eigenvalue weighted by molar-refractivity contribution is 8.93. The lowest BCUT2D eigenvalue weighted by atomic mass is 9.84. The summed E-state index contributed by atoms with van der Waals surface area (Å²) < 4.78 is 18.1. The Labute approximate surface area is 290 Å². The first kappa shape index (κ1) is 37.6. The Morgan fingerprint density at radius 3 is 2.43 bits per heavy atom. The lowest BCUT2D eigenvalue weighted by molar-refractivity contribution is -0.137. The molecule has 0 fully saturated rings. The second kappa shape index (κ2) is 16.8. The smallest absolute Gasteiger partial charge is 0.303 e. The first-order valence-electron chi connectivity index (χ1n) is 15.5. The first-order chi connectivity index (χ1) is 21.9. The molecule has 1 aliphatic heterocycles. The molecule has 2 heterocycles. The van der Waals surface area contributed by atoms with Gasteiger partial charge in [-0.05, 0) is 72.9 Å². The third kappa shape index (κ3) is 9.57. The van der Waals surface area contributed by atoms with Crippen LogP contribution >= 0.6 is 28.3 Å². The fraction of sp³-hybridized carbons (Fsp3) is 0.429. The number of amidine groups is 1. The number of aliphatic carboxylic acids is 1. The van der Waals surface area contributed by atoms with E-state index in [9.17, 15) is 14.4 Å². The number of carboxylic acids is 1. The molecule has 254 valence electrons. The zero-order chi connectivity index (χ0) is 33.4. The molecule has 47 heavy (non-hydrogen) atoms. The SMILES string of the molecule is Br.CCOc1cc2c(cc1C(=O)NC)C(=N)N(CC(=O)c1cc(OCCCc3cccs3)c(OCCCC(=O)O)c(C(C)(C)C)c1)C2. The van der Waals surface area contributed by atoms with E-state index >= 15 is 0 Å². The lowest BCUT2D eigenvalue weighted by Crippen LogP contribution is -2.30. The van der Waals surface area contributed by atoms with Crippen LogP contribution in [0.4, 0.5) is 0 Å². The van der Waals surface area contributed by atoms with E-state index in [0.717, 1.165) is 24.0 Å². The standard InChI is InChI=1S/C35H43N3O7S.BrH/c1-6-43-29-18-23-20-38(33(36)25(23)19-26(29)34(42)37-5)21-28(39)22-16-27(35(2,3)4)32(45-14-8-12-31(40)41)30(17-22)44-13-7-10-24-11-9-15-46-24;/h9,11,15-19,36H,6-8,10,12-14,20-21H2,1-5H3,(H,37,42)(H,40,41);1H. The van der Waals surface area contributed by atoms with Crippen LogP contribution in [0.25, 0.3) is 0 Å². The molecule has 0 saturated heterocycles. The van der Waals surface area contributed by atoms with Crippen LogP contribution in [-0.4, -0.2) is 66.9 Å². The molecular weight excluding hydrogens is 686 g/mol. The van der Waals surface area contributed by atoms with Gasteiger partial charge in [0.1, 0.15) is 11.6 Å². The Bertz CT molecular complexity index is 1580. The summed E-state index contributed by atoms with van der Waals surface area (Å²) >= 11 is 1.70. The van der Waals surface area contributed by atoms with Crippen molar-refractivity contribution < 1.29 is 33.7 Å². The summed E-state index contributed by atoms with van der Waals surface area (Å²) in [5.41, 5.74) is 2.53. The van der Waals surface area contributed by atoms with Crippen molar-refractivity contribution in [2.75, 3.05) is 33.4 Å². The van der Waals surface area contributed by atoms with Crippen molar-refractivity contribution in [3.8, 4) is 17.2 Å². The molecule has 3 aromatic rings. The number of ketones is 1. The number of carbonyl (C=O) groups is 3. The number of amides is 1. The van der Waals surface area contributed by atoms with Gasteiger partial charge in [-0.1, -0.05) is 26.8 Å². The Balaban J connectivity index is 0.00000600. The number of nitrogens with one attached hydrogen (secondary N) is 2. The molecule has 0 spiro atoms. The van der Waals surface area contributed by atoms with Gasteiger partial charge in [0, 0.05) is 41.6 Å². The fourth-order valence-electron chi connectivity index (χ4n) is 5.27. The summed E-state index contributed by atoms with van der Waals surface area (Å²) in [7, 11) is 1.54.